The monoisotopic (exact) mass is 509 g/mol. The molecule has 1 fully saturated rings. The number of nitrogens with zero attached hydrogens (tertiary/aromatic N) is 1. The number of nitrogens with one attached hydrogen (secondary N) is 2. The molecule has 7 heteroatoms. The van der Waals surface area contributed by atoms with Crippen molar-refractivity contribution < 1.29 is 14.4 Å². The van der Waals surface area contributed by atoms with Crippen LogP contribution >= 0.6 is 11.3 Å². The summed E-state index contributed by atoms with van der Waals surface area (Å²) < 4.78 is 0. The standard InChI is InChI=1S/C30H27N3O3S/c34-27(22-9-13-26(14-10-22)33-17-15-31-16-18-33)20-21-3-5-23(6-4-21)29(35)24-7-11-25(12-8-24)32-30(36)28-2-1-19-37-28/h1-14,19,31H,15-18,20H2,(H,32,36). The molecule has 0 aliphatic carbocycles. The average molecular weight is 510 g/mol. The predicted octanol–water partition coefficient (Wildman–Crippen LogP) is 5.07. The van der Waals surface area contributed by atoms with E-state index in [0.29, 0.717) is 27.3 Å². The third-order valence-corrected chi connectivity index (χ3v) is 7.27. The summed E-state index contributed by atoms with van der Waals surface area (Å²) in [5.74, 6) is -0.238. The van der Waals surface area contributed by atoms with E-state index in [-0.39, 0.29) is 23.9 Å². The fourth-order valence-electron chi connectivity index (χ4n) is 4.31. The maximum absolute atomic E-state index is 12.9. The lowest BCUT2D eigenvalue weighted by Crippen LogP contribution is -2.43. The normalized spacial score (nSPS) is 13.2. The number of rotatable bonds is 8. The van der Waals surface area contributed by atoms with Crippen molar-refractivity contribution in [3.63, 3.8) is 0 Å². The number of carbonyl (C=O) groups is 3. The minimum Gasteiger partial charge on any atom is -0.369 e. The molecule has 5 rings (SSSR count). The van der Waals surface area contributed by atoms with Gasteiger partial charge in [0, 0.05) is 60.7 Å². The van der Waals surface area contributed by atoms with Gasteiger partial charge in [-0.05, 0) is 65.5 Å². The summed E-state index contributed by atoms with van der Waals surface area (Å²) in [5.41, 5.74) is 4.39. The Labute approximate surface area is 220 Å². The molecular formula is C30H27N3O3S. The number of carbonyl (C=O) groups excluding carboxylic acids is 3. The van der Waals surface area contributed by atoms with Crippen LogP contribution in [0.5, 0.6) is 0 Å². The van der Waals surface area contributed by atoms with Crippen LogP contribution in [0.1, 0.15) is 41.5 Å². The summed E-state index contributed by atoms with van der Waals surface area (Å²) in [4.78, 5) is 40.9. The van der Waals surface area contributed by atoms with Crippen LogP contribution in [-0.4, -0.2) is 43.7 Å². The Bertz CT molecular complexity index is 1370. The van der Waals surface area contributed by atoms with Crippen LogP contribution in [0.25, 0.3) is 0 Å². The SMILES string of the molecule is O=C(Cc1ccc(C(=O)c2ccc(NC(=O)c3cccs3)cc2)cc1)c1ccc(N2CCNCC2)cc1. The molecule has 0 radical (unpaired) electrons. The summed E-state index contributed by atoms with van der Waals surface area (Å²) in [6.07, 6.45) is 0.278. The summed E-state index contributed by atoms with van der Waals surface area (Å²) in [7, 11) is 0. The molecule has 1 aliphatic heterocycles. The van der Waals surface area contributed by atoms with E-state index in [1.807, 2.05) is 47.8 Å². The second kappa shape index (κ2) is 11.3. The zero-order valence-electron chi connectivity index (χ0n) is 20.3. The van der Waals surface area contributed by atoms with E-state index in [2.05, 4.69) is 15.5 Å². The number of anilines is 2. The molecule has 0 spiro atoms. The summed E-state index contributed by atoms with van der Waals surface area (Å²) in [5, 5.41) is 8.03. The van der Waals surface area contributed by atoms with Crippen LogP contribution in [0.3, 0.4) is 0 Å². The largest absolute Gasteiger partial charge is 0.369 e. The highest BCUT2D eigenvalue weighted by Gasteiger charge is 2.14. The second-order valence-electron chi connectivity index (χ2n) is 8.92. The third-order valence-electron chi connectivity index (χ3n) is 6.40. The van der Waals surface area contributed by atoms with E-state index >= 15 is 0 Å². The molecule has 0 unspecified atom stereocenters. The Morgan fingerprint density at radius 2 is 1.41 bits per heavy atom. The Morgan fingerprint density at radius 3 is 2.03 bits per heavy atom. The number of hydrogen-bond acceptors (Lipinski definition) is 6. The molecule has 186 valence electrons. The van der Waals surface area contributed by atoms with Gasteiger partial charge in [-0.3, -0.25) is 14.4 Å². The third kappa shape index (κ3) is 6.02. The highest BCUT2D eigenvalue weighted by molar-refractivity contribution is 7.12. The van der Waals surface area contributed by atoms with Gasteiger partial charge in [-0.1, -0.05) is 30.3 Å². The number of hydrogen-bond donors (Lipinski definition) is 2. The lowest BCUT2D eigenvalue weighted by Gasteiger charge is -2.29. The van der Waals surface area contributed by atoms with Crippen molar-refractivity contribution in [2.45, 2.75) is 6.42 Å². The van der Waals surface area contributed by atoms with Crippen molar-refractivity contribution >= 4 is 40.2 Å². The number of benzene rings is 3. The molecule has 4 aromatic rings. The van der Waals surface area contributed by atoms with Gasteiger partial charge in [0.25, 0.3) is 5.91 Å². The number of piperazine rings is 1. The quantitative estimate of drug-likeness (QED) is 0.325. The van der Waals surface area contributed by atoms with Gasteiger partial charge in [0.1, 0.15) is 0 Å². The highest BCUT2D eigenvalue weighted by atomic mass is 32.1. The molecule has 1 amide bonds. The molecule has 0 saturated carbocycles. The van der Waals surface area contributed by atoms with Crippen molar-refractivity contribution in [2.75, 3.05) is 36.4 Å². The van der Waals surface area contributed by atoms with E-state index in [0.717, 1.165) is 37.4 Å². The van der Waals surface area contributed by atoms with Crippen molar-refractivity contribution in [1.82, 2.24) is 5.32 Å². The van der Waals surface area contributed by atoms with Gasteiger partial charge in [0.15, 0.2) is 11.6 Å². The Hall–Kier alpha value is -4.07. The van der Waals surface area contributed by atoms with Gasteiger partial charge in [-0.25, -0.2) is 0 Å². The maximum atomic E-state index is 12.9. The molecule has 2 heterocycles. The van der Waals surface area contributed by atoms with Crippen LogP contribution in [0.15, 0.2) is 90.3 Å². The number of ketones is 2. The predicted molar refractivity (Wildman–Crippen MR) is 148 cm³/mol. The van der Waals surface area contributed by atoms with Crippen molar-refractivity contribution in [2.24, 2.45) is 0 Å². The number of amides is 1. The summed E-state index contributed by atoms with van der Waals surface area (Å²) in [6, 6.07) is 25.4. The van der Waals surface area contributed by atoms with E-state index in [4.69, 9.17) is 0 Å². The maximum Gasteiger partial charge on any atom is 0.265 e. The van der Waals surface area contributed by atoms with Crippen molar-refractivity contribution in [3.8, 4) is 0 Å². The minimum absolute atomic E-state index is 0.0473. The Morgan fingerprint density at radius 1 is 0.784 bits per heavy atom. The fraction of sp³-hybridized carbons (Fsp3) is 0.167. The molecule has 2 N–H and O–H groups in total. The molecule has 1 aliphatic rings. The van der Waals surface area contributed by atoms with Crippen LogP contribution in [0.4, 0.5) is 11.4 Å². The van der Waals surface area contributed by atoms with Crippen LogP contribution < -0.4 is 15.5 Å². The molecule has 37 heavy (non-hydrogen) atoms. The smallest absolute Gasteiger partial charge is 0.265 e. The van der Waals surface area contributed by atoms with Gasteiger partial charge in [0.05, 0.1) is 4.88 Å². The van der Waals surface area contributed by atoms with Gasteiger partial charge < -0.3 is 15.5 Å². The van der Waals surface area contributed by atoms with E-state index in [1.54, 1.807) is 42.5 Å². The summed E-state index contributed by atoms with van der Waals surface area (Å²) in [6.45, 7) is 3.88. The first-order valence-electron chi connectivity index (χ1n) is 12.2. The van der Waals surface area contributed by atoms with Gasteiger partial charge in [-0.15, -0.1) is 11.3 Å². The molecule has 1 saturated heterocycles. The van der Waals surface area contributed by atoms with E-state index in [1.165, 1.54) is 11.3 Å². The lowest BCUT2D eigenvalue weighted by atomic mass is 9.98. The number of thiophene rings is 1. The molecule has 6 nitrogen and oxygen atoms in total. The van der Waals surface area contributed by atoms with Crippen molar-refractivity contribution in [1.29, 1.82) is 0 Å². The van der Waals surface area contributed by atoms with E-state index < -0.39 is 0 Å². The first-order chi connectivity index (χ1) is 18.1. The zero-order valence-corrected chi connectivity index (χ0v) is 21.1. The van der Waals surface area contributed by atoms with Crippen LogP contribution in [0.2, 0.25) is 0 Å². The van der Waals surface area contributed by atoms with Crippen LogP contribution in [0, 0.1) is 0 Å². The topological polar surface area (TPSA) is 78.5 Å². The zero-order chi connectivity index (χ0) is 25.6. The lowest BCUT2D eigenvalue weighted by molar-refractivity contribution is 0.0990. The van der Waals surface area contributed by atoms with Crippen molar-refractivity contribution in [3.05, 3.63) is 117 Å². The number of Topliss-reactive ketones (excluding diaryl/α,β-unsaturated/α-hetero) is 1. The van der Waals surface area contributed by atoms with Crippen LogP contribution in [-0.2, 0) is 6.42 Å². The van der Waals surface area contributed by atoms with Gasteiger partial charge in [-0.2, -0.15) is 0 Å². The minimum atomic E-state index is -0.172. The Balaban J connectivity index is 1.18. The summed E-state index contributed by atoms with van der Waals surface area (Å²) >= 11 is 1.37. The van der Waals surface area contributed by atoms with Gasteiger partial charge in [0.2, 0.25) is 0 Å². The molecule has 3 aromatic carbocycles. The first-order valence-corrected chi connectivity index (χ1v) is 13.1. The molecule has 1 aromatic heterocycles. The first kappa shape index (κ1) is 24.6. The molecule has 0 atom stereocenters. The van der Waals surface area contributed by atoms with Gasteiger partial charge >= 0.3 is 0 Å². The molecule has 0 bridgehead atoms. The average Bonchev–Trinajstić information content (AvgIpc) is 3.50. The molecular weight excluding hydrogens is 482 g/mol. The highest BCUT2D eigenvalue weighted by Crippen LogP contribution is 2.19. The fourth-order valence-corrected chi connectivity index (χ4v) is 4.93. The Kier molecular flexibility index (Phi) is 7.54. The second-order valence-corrected chi connectivity index (χ2v) is 9.87. The van der Waals surface area contributed by atoms with E-state index in [9.17, 15) is 14.4 Å².